The predicted octanol–water partition coefficient (Wildman–Crippen LogP) is 1.16. The molecule has 0 bridgehead atoms. The molecule has 0 aromatic rings. The molecule has 0 heterocycles. The van der Waals surface area contributed by atoms with Crippen LogP contribution in [0.4, 0.5) is 13.2 Å². The quantitative estimate of drug-likeness (QED) is 0.715. The van der Waals surface area contributed by atoms with Gasteiger partial charge in [-0.1, -0.05) is 0 Å². The third-order valence-corrected chi connectivity index (χ3v) is 2.36. The van der Waals surface area contributed by atoms with Crippen LogP contribution in [0.5, 0.6) is 0 Å². The van der Waals surface area contributed by atoms with Gasteiger partial charge in [0.05, 0.1) is 17.9 Å². The van der Waals surface area contributed by atoms with Gasteiger partial charge in [0.25, 0.3) is 0 Å². The molecule has 0 aromatic carbocycles. The van der Waals surface area contributed by atoms with Gasteiger partial charge in [-0.3, -0.25) is 4.79 Å². The van der Waals surface area contributed by atoms with Gasteiger partial charge in [-0.05, 0) is 12.8 Å². The van der Waals surface area contributed by atoms with E-state index in [4.69, 9.17) is 10.2 Å². The van der Waals surface area contributed by atoms with Gasteiger partial charge in [0.15, 0.2) is 0 Å². The van der Waals surface area contributed by atoms with E-state index < -0.39 is 30.1 Å². The highest BCUT2D eigenvalue weighted by Crippen LogP contribution is 2.60. The van der Waals surface area contributed by atoms with Crippen molar-refractivity contribution >= 4 is 5.97 Å². The van der Waals surface area contributed by atoms with E-state index in [0.29, 0.717) is 0 Å². The summed E-state index contributed by atoms with van der Waals surface area (Å²) in [6, 6.07) is 0. The summed E-state index contributed by atoms with van der Waals surface area (Å²) in [5, 5.41) is 17.3. The maximum atomic E-state index is 12.2. The number of aliphatic carboxylic acids is 1. The average Bonchev–Trinajstić information content (AvgIpc) is 2.60. The Hall–Kier alpha value is -0.780. The number of aliphatic hydroxyl groups is 1. The molecular formula is C7H9F3O3. The minimum atomic E-state index is -4.50. The highest BCUT2D eigenvalue weighted by atomic mass is 19.4. The predicted molar refractivity (Wildman–Crippen MR) is 36.0 cm³/mol. The van der Waals surface area contributed by atoms with Crippen molar-refractivity contribution in [1.29, 1.82) is 0 Å². The zero-order chi connectivity index (χ0) is 10.3. The van der Waals surface area contributed by atoms with Gasteiger partial charge >= 0.3 is 12.1 Å². The van der Waals surface area contributed by atoms with Crippen molar-refractivity contribution in [3.05, 3.63) is 0 Å². The van der Waals surface area contributed by atoms with Crippen molar-refractivity contribution in [3.8, 4) is 0 Å². The fourth-order valence-electron chi connectivity index (χ4n) is 1.30. The second kappa shape index (κ2) is 2.87. The molecule has 1 rings (SSSR count). The van der Waals surface area contributed by atoms with E-state index in [-0.39, 0.29) is 12.8 Å². The summed E-state index contributed by atoms with van der Waals surface area (Å²) in [5.74, 6) is -1.41. The third-order valence-electron chi connectivity index (χ3n) is 2.36. The molecule has 6 heteroatoms. The van der Waals surface area contributed by atoms with Gasteiger partial charge in [-0.25, -0.2) is 0 Å². The van der Waals surface area contributed by atoms with E-state index in [2.05, 4.69) is 0 Å². The fraction of sp³-hybridized carbons (Fsp3) is 0.857. The molecule has 76 valence electrons. The van der Waals surface area contributed by atoms with Crippen LogP contribution in [0.15, 0.2) is 0 Å². The highest BCUT2D eigenvalue weighted by Gasteiger charge is 2.67. The van der Waals surface area contributed by atoms with E-state index >= 15 is 0 Å². The van der Waals surface area contributed by atoms with Gasteiger partial charge < -0.3 is 10.2 Å². The minimum absolute atomic E-state index is 0.176. The molecule has 0 amide bonds. The lowest BCUT2D eigenvalue weighted by atomic mass is 9.96. The SMILES string of the molecule is O=C(O)CC(O)C1(C(F)(F)F)CC1. The Bertz CT molecular complexity index is 220. The molecule has 3 nitrogen and oxygen atoms in total. The van der Waals surface area contributed by atoms with Crippen LogP contribution in [0.25, 0.3) is 0 Å². The number of hydrogen-bond donors (Lipinski definition) is 2. The standard InChI is InChI=1S/C7H9F3O3/c8-7(9,10)6(1-2-6)4(11)3-5(12)13/h4,11H,1-3H2,(H,12,13). The molecule has 1 unspecified atom stereocenters. The third kappa shape index (κ3) is 1.77. The largest absolute Gasteiger partial charge is 0.481 e. The molecule has 1 atom stereocenters. The van der Waals surface area contributed by atoms with Crippen LogP contribution in [0.1, 0.15) is 19.3 Å². The molecule has 1 aliphatic carbocycles. The lowest BCUT2D eigenvalue weighted by Crippen LogP contribution is -2.37. The Labute approximate surface area is 72.2 Å². The normalized spacial score (nSPS) is 22.5. The Balaban J connectivity index is 2.65. The summed E-state index contributed by atoms with van der Waals surface area (Å²) in [4.78, 5) is 10.1. The molecule has 1 saturated carbocycles. The maximum absolute atomic E-state index is 12.2. The lowest BCUT2D eigenvalue weighted by molar-refractivity contribution is -0.215. The van der Waals surface area contributed by atoms with Crippen LogP contribution in [0.3, 0.4) is 0 Å². The van der Waals surface area contributed by atoms with Crippen LogP contribution in [0, 0.1) is 5.41 Å². The zero-order valence-electron chi connectivity index (χ0n) is 6.64. The average molecular weight is 198 g/mol. The number of hydrogen-bond acceptors (Lipinski definition) is 2. The Morgan fingerprint density at radius 1 is 1.46 bits per heavy atom. The molecule has 1 aliphatic rings. The molecule has 13 heavy (non-hydrogen) atoms. The van der Waals surface area contributed by atoms with Crippen LogP contribution in [-0.2, 0) is 4.79 Å². The first-order valence-corrected chi connectivity index (χ1v) is 3.76. The van der Waals surface area contributed by atoms with Gasteiger partial charge in [0.2, 0.25) is 0 Å². The first kappa shape index (κ1) is 10.3. The van der Waals surface area contributed by atoms with E-state index in [1.165, 1.54) is 0 Å². The topological polar surface area (TPSA) is 57.5 Å². The summed E-state index contributed by atoms with van der Waals surface area (Å²) < 4.78 is 36.7. The number of carboxylic acids is 1. The number of alkyl halides is 3. The van der Waals surface area contributed by atoms with Crippen LogP contribution >= 0.6 is 0 Å². The van der Waals surface area contributed by atoms with Gasteiger partial charge in [0.1, 0.15) is 0 Å². The van der Waals surface area contributed by atoms with E-state index in [0.717, 1.165) is 0 Å². The second-order valence-corrected chi connectivity index (χ2v) is 3.27. The van der Waals surface area contributed by atoms with Crippen molar-refractivity contribution in [2.75, 3.05) is 0 Å². The van der Waals surface area contributed by atoms with E-state index in [1.807, 2.05) is 0 Å². The summed E-state index contributed by atoms with van der Waals surface area (Å²) >= 11 is 0. The fourth-order valence-corrected chi connectivity index (χ4v) is 1.30. The Morgan fingerprint density at radius 3 is 2.15 bits per heavy atom. The molecular weight excluding hydrogens is 189 g/mol. The minimum Gasteiger partial charge on any atom is -0.481 e. The van der Waals surface area contributed by atoms with Crippen molar-refractivity contribution in [2.24, 2.45) is 5.41 Å². The summed E-state index contributed by atoms with van der Waals surface area (Å²) in [6.07, 6.45) is -7.51. The molecule has 0 aliphatic heterocycles. The first-order valence-electron chi connectivity index (χ1n) is 3.76. The summed E-state index contributed by atoms with van der Waals surface area (Å²) in [7, 11) is 0. The Kier molecular flexibility index (Phi) is 2.27. The van der Waals surface area contributed by atoms with Crippen molar-refractivity contribution in [2.45, 2.75) is 31.5 Å². The van der Waals surface area contributed by atoms with Gasteiger partial charge in [-0.15, -0.1) is 0 Å². The number of halogens is 3. The second-order valence-electron chi connectivity index (χ2n) is 3.27. The number of aliphatic hydroxyl groups excluding tert-OH is 1. The summed E-state index contributed by atoms with van der Waals surface area (Å²) in [5.41, 5.74) is -2.15. The van der Waals surface area contributed by atoms with E-state index in [1.54, 1.807) is 0 Å². The van der Waals surface area contributed by atoms with E-state index in [9.17, 15) is 18.0 Å². The molecule has 0 saturated heterocycles. The molecule has 2 N–H and O–H groups in total. The van der Waals surface area contributed by atoms with Crippen molar-refractivity contribution in [3.63, 3.8) is 0 Å². The molecule has 1 fully saturated rings. The highest BCUT2D eigenvalue weighted by molar-refractivity contribution is 5.67. The van der Waals surface area contributed by atoms with Crippen LogP contribution < -0.4 is 0 Å². The molecule has 0 spiro atoms. The van der Waals surface area contributed by atoms with Crippen LogP contribution in [0.2, 0.25) is 0 Å². The monoisotopic (exact) mass is 198 g/mol. The molecule has 0 aromatic heterocycles. The smallest absolute Gasteiger partial charge is 0.396 e. The van der Waals surface area contributed by atoms with Crippen molar-refractivity contribution < 1.29 is 28.2 Å². The Morgan fingerprint density at radius 2 is 1.92 bits per heavy atom. The summed E-state index contributed by atoms with van der Waals surface area (Å²) in [6.45, 7) is 0. The number of carbonyl (C=O) groups is 1. The van der Waals surface area contributed by atoms with Gasteiger partial charge in [-0.2, -0.15) is 13.2 Å². The van der Waals surface area contributed by atoms with Crippen LogP contribution in [-0.4, -0.2) is 28.5 Å². The lowest BCUT2D eigenvalue weighted by Gasteiger charge is -2.23. The number of rotatable bonds is 3. The first-order chi connectivity index (χ1) is 5.79. The van der Waals surface area contributed by atoms with Gasteiger partial charge in [0, 0.05) is 0 Å². The maximum Gasteiger partial charge on any atom is 0.396 e. The zero-order valence-corrected chi connectivity index (χ0v) is 6.64. The van der Waals surface area contributed by atoms with Crippen molar-refractivity contribution in [1.82, 2.24) is 0 Å². The number of carboxylic acid groups (broad SMARTS) is 1. The molecule has 0 radical (unpaired) electrons.